The summed E-state index contributed by atoms with van der Waals surface area (Å²) in [5.74, 6) is 0.702. The maximum atomic E-state index is 12.5. The zero-order valence-corrected chi connectivity index (χ0v) is 25.7. The molecule has 0 atom stereocenters. The van der Waals surface area contributed by atoms with Crippen LogP contribution in [0.2, 0.25) is 0 Å². The molecule has 2 amide bonds. The van der Waals surface area contributed by atoms with Gasteiger partial charge in [-0.2, -0.15) is 10.2 Å². The standard InChI is InChI=1S/C36H32N4O7/c1-43-33-19-27(13-15-29(33)45-23-25-9-5-3-6-10-25)21-37-39-35(41)31-17-18-32(47-31)36(42)40-38-22-28-14-16-30(34(20-28)44-2)46-24-26-11-7-4-8-12-26/h3-22H,23-24H2,1-2H3,(H,39,41)(H,40,42)/b37-21+,38-22+. The van der Waals surface area contributed by atoms with Crippen molar-refractivity contribution in [2.24, 2.45) is 10.2 Å². The molecular formula is C36H32N4O7. The van der Waals surface area contributed by atoms with E-state index in [9.17, 15) is 9.59 Å². The Morgan fingerprint density at radius 1 is 0.596 bits per heavy atom. The molecule has 0 aliphatic rings. The molecule has 4 aromatic carbocycles. The van der Waals surface area contributed by atoms with Gasteiger partial charge in [0.1, 0.15) is 13.2 Å². The number of nitrogens with one attached hydrogen (secondary N) is 2. The van der Waals surface area contributed by atoms with Crippen molar-refractivity contribution in [2.75, 3.05) is 14.2 Å². The number of methoxy groups -OCH3 is 2. The number of carbonyl (C=O) groups excluding carboxylic acids is 2. The second-order valence-electron chi connectivity index (χ2n) is 9.93. The van der Waals surface area contributed by atoms with Gasteiger partial charge < -0.3 is 23.4 Å². The lowest BCUT2D eigenvalue weighted by Gasteiger charge is -2.11. The zero-order valence-electron chi connectivity index (χ0n) is 25.7. The molecule has 1 aromatic heterocycles. The Kier molecular flexibility index (Phi) is 11.0. The van der Waals surface area contributed by atoms with Gasteiger partial charge in [0.15, 0.2) is 34.5 Å². The van der Waals surface area contributed by atoms with Crippen LogP contribution in [0, 0.1) is 0 Å². The molecule has 0 aliphatic heterocycles. The highest BCUT2D eigenvalue weighted by Gasteiger charge is 2.15. The molecule has 0 unspecified atom stereocenters. The van der Waals surface area contributed by atoms with Gasteiger partial charge in [-0.1, -0.05) is 60.7 Å². The Hall–Kier alpha value is -6.36. The minimum absolute atomic E-state index is 0.102. The quantitative estimate of drug-likeness (QED) is 0.114. The first kappa shape index (κ1) is 32.0. The largest absolute Gasteiger partial charge is 0.493 e. The first-order chi connectivity index (χ1) is 23.0. The highest BCUT2D eigenvalue weighted by Crippen LogP contribution is 2.29. The Bertz CT molecular complexity index is 1720. The van der Waals surface area contributed by atoms with E-state index in [4.69, 9.17) is 23.4 Å². The molecule has 0 fully saturated rings. The molecule has 0 saturated heterocycles. The van der Waals surface area contributed by atoms with E-state index in [1.165, 1.54) is 24.6 Å². The average molecular weight is 633 g/mol. The molecule has 0 saturated carbocycles. The van der Waals surface area contributed by atoms with Gasteiger partial charge in [-0.3, -0.25) is 9.59 Å². The van der Waals surface area contributed by atoms with Crippen LogP contribution in [0.25, 0.3) is 0 Å². The summed E-state index contributed by atoms with van der Waals surface area (Å²) < 4.78 is 28.0. The molecular weight excluding hydrogens is 600 g/mol. The molecule has 47 heavy (non-hydrogen) atoms. The Morgan fingerprint density at radius 3 is 1.43 bits per heavy atom. The van der Waals surface area contributed by atoms with E-state index in [0.717, 1.165) is 11.1 Å². The fourth-order valence-electron chi connectivity index (χ4n) is 4.26. The molecule has 1 heterocycles. The molecule has 238 valence electrons. The van der Waals surface area contributed by atoms with Gasteiger partial charge in [0.25, 0.3) is 0 Å². The van der Waals surface area contributed by atoms with Crippen LogP contribution < -0.4 is 29.8 Å². The van der Waals surface area contributed by atoms with Crippen LogP contribution >= 0.6 is 0 Å². The van der Waals surface area contributed by atoms with Gasteiger partial charge >= 0.3 is 11.8 Å². The van der Waals surface area contributed by atoms with Crippen molar-refractivity contribution in [1.82, 2.24) is 10.9 Å². The first-order valence-electron chi connectivity index (χ1n) is 14.5. The van der Waals surface area contributed by atoms with Crippen LogP contribution in [-0.4, -0.2) is 38.5 Å². The van der Waals surface area contributed by atoms with E-state index in [2.05, 4.69) is 21.1 Å². The van der Waals surface area contributed by atoms with Crippen molar-refractivity contribution >= 4 is 24.2 Å². The third-order valence-corrected chi connectivity index (χ3v) is 6.66. The average Bonchev–Trinajstić information content (AvgIpc) is 3.62. The van der Waals surface area contributed by atoms with E-state index >= 15 is 0 Å². The van der Waals surface area contributed by atoms with Crippen LogP contribution in [0.4, 0.5) is 0 Å². The number of amides is 2. The first-order valence-corrected chi connectivity index (χ1v) is 14.5. The van der Waals surface area contributed by atoms with Crippen molar-refractivity contribution in [3.05, 3.63) is 143 Å². The minimum atomic E-state index is -0.639. The lowest BCUT2D eigenvalue weighted by atomic mass is 10.2. The number of rotatable bonds is 14. The number of hydrogen-bond donors (Lipinski definition) is 2. The van der Waals surface area contributed by atoms with Gasteiger partial charge in [0.05, 0.1) is 26.6 Å². The van der Waals surface area contributed by atoms with Crippen molar-refractivity contribution in [2.45, 2.75) is 13.2 Å². The lowest BCUT2D eigenvalue weighted by Crippen LogP contribution is -2.18. The van der Waals surface area contributed by atoms with E-state index in [0.29, 0.717) is 47.3 Å². The molecule has 0 radical (unpaired) electrons. The topological polar surface area (TPSA) is 133 Å². The van der Waals surface area contributed by atoms with Crippen molar-refractivity contribution < 1.29 is 33.0 Å². The normalized spacial score (nSPS) is 10.9. The minimum Gasteiger partial charge on any atom is -0.493 e. The third kappa shape index (κ3) is 9.08. The number of hydrogen-bond acceptors (Lipinski definition) is 9. The van der Waals surface area contributed by atoms with E-state index in [1.807, 2.05) is 60.7 Å². The third-order valence-electron chi connectivity index (χ3n) is 6.66. The highest BCUT2D eigenvalue weighted by molar-refractivity contribution is 5.96. The van der Waals surface area contributed by atoms with Crippen LogP contribution in [0.15, 0.2) is 124 Å². The van der Waals surface area contributed by atoms with Gasteiger partial charge in [0, 0.05) is 0 Å². The van der Waals surface area contributed by atoms with Crippen LogP contribution in [0.3, 0.4) is 0 Å². The summed E-state index contributed by atoms with van der Waals surface area (Å²) in [5.41, 5.74) is 8.15. The van der Waals surface area contributed by atoms with Crippen molar-refractivity contribution in [3.8, 4) is 23.0 Å². The summed E-state index contributed by atoms with van der Waals surface area (Å²) in [5, 5.41) is 7.95. The maximum Gasteiger partial charge on any atom is 0.307 e. The van der Waals surface area contributed by atoms with E-state index in [-0.39, 0.29) is 11.5 Å². The second kappa shape index (κ2) is 16.1. The molecule has 2 N–H and O–H groups in total. The molecule has 5 aromatic rings. The number of ether oxygens (including phenoxy) is 4. The maximum absolute atomic E-state index is 12.5. The SMILES string of the molecule is COc1cc(/C=N/NC(=O)c2ccc(C(=O)N/N=C/c3ccc(OCc4ccccc4)c(OC)c3)o2)ccc1OCc1ccccc1. The molecule has 0 aliphatic carbocycles. The fourth-order valence-corrected chi connectivity index (χ4v) is 4.26. The predicted molar refractivity (Wildman–Crippen MR) is 176 cm³/mol. The van der Waals surface area contributed by atoms with Gasteiger partial charge in [-0.05, 0) is 70.8 Å². The number of nitrogens with zero attached hydrogens (tertiary/aromatic N) is 2. The van der Waals surface area contributed by atoms with Crippen molar-refractivity contribution in [1.29, 1.82) is 0 Å². The Labute approximate surface area is 271 Å². The monoisotopic (exact) mass is 632 g/mol. The van der Waals surface area contributed by atoms with Crippen LogP contribution in [-0.2, 0) is 13.2 Å². The van der Waals surface area contributed by atoms with Gasteiger partial charge in [-0.25, -0.2) is 10.9 Å². The Balaban J connectivity index is 1.10. The van der Waals surface area contributed by atoms with E-state index < -0.39 is 11.8 Å². The zero-order chi connectivity index (χ0) is 32.8. The number of benzene rings is 4. The Morgan fingerprint density at radius 2 is 1.02 bits per heavy atom. The lowest BCUT2D eigenvalue weighted by molar-refractivity contribution is 0.0902. The summed E-state index contributed by atoms with van der Waals surface area (Å²) in [4.78, 5) is 25.1. The number of furan rings is 1. The molecule has 0 spiro atoms. The van der Waals surface area contributed by atoms with E-state index in [1.54, 1.807) is 50.6 Å². The molecule has 11 heteroatoms. The molecule has 0 bridgehead atoms. The molecule has 5 rings (SSSR count). The summed E-state index contributed by atoms with van der Waals surface area (Å²) in [7, 11) is 3.09. The van der Waals surface area contributed by atoms with Gasteiger partial charge in [-0.15, -0.1) is 0 Å². The number of hydrazone groups is 2. The number of carbonyl (C=O) groups is 2. The van der Waals surface area contributed by atoms with Crippen LogP contribution in [0.5, 0.6) is 23.0 Å². The predicted octanol–water partition coefficient (Wildman–Crippen LogP) is 5.98. The van der Waals surface area contributed by atoms with Crippen LogP contribution in [0.1, 0.15) is 43.4 Å². The van der Waals surface area contributed by atoms with Crippen molar-refractivity contribution in [3.63, 3.8) is 0 Å². The summed E-state index contributed by atoms with van der Waals surface area (Å²) in [6.07, 6.45) is 2.90. The highest BCUT2D eigenvalue weighted by atomic mass is 16.5. The summed E-state index contributed by atoms with van der Waals surface area (Å²) in [6.45, 7) is 0.788. The summed E-state index contributed by atoms with van der Waals surface area (Å²) >= 11 is 0. The van der Waals surface area contributed by atoms with Gasteiger partial charge in [0.2, 0.25) is 0 Å². The fraction of sp³-hybridized carbons (Fsp3) is 0.111. The summed E-state index contributed by atoms with van der Waals surface area (Å²) in [6, 6.07) is 32.8. The smallest absolute Gasteiger partial charge is 0.307 e. The molecule has 11 nitrogen and oxygen atoms in total. The second-order valence-corrected chi connectivity index (χ2v) is 9.93.